The highest BCUT2D eigenvalue weighted by Gasteiger charge is 2.08. The van der Waals surface area contributed by atoms with Gasteiger partial charge in [0.1, 0.15) is 0 Å². The first-order valence-corrected chi connectivity index (χ1v) is 5.17. The first-order valence-electron chi connectivity index (χ1n) is 5.17. The van der Waals surface area contributed by atoms with Crippen molar-refractivity contribution >= 4 is 5.97 Å². The van der Waals surface area contributed by atoms with E-state index in [1.165, 1.54) is 0 Å². The summed E-state index contributed by atoms with van der Waals surface area (Å²) < 4.78 is 0. The lowest BCUT2D eigenvalue weighted by atomic mass is 10.1. The van der Waals surface area contributed by atoms with Gasteiger partial charge in [0.15, 0.2) is 0 Å². The Bertz CT molecular complexity index is 207. The van der Waals surface area contributed by atoms with Gasteiger partial charge >= 0.3 is 5.97 Å². The Labute approximate surface area is 86.4 Å². The number of rotatable bonds is 6. The lowest BCUT2D eigenvalue weighted by Crippen LogP contribution is -2.32. The van der Waals surface area contributed by atoms with Gasteiger partial charge in [-0.05, 0) is 33.4 Å². The van der Waals surface area contributed by atoms with Gasteiger partial charge in [0.25, 0.3) is 0 Å². The minimum absolute atomic E-state index is 0.416. The minimum Gasteiger partial charge on any atom is -0.478 e. The van der Waals surface area contributed by atoms with E-state index < -0.39 is 5.97 Å². The largest absolute Gasteiger partial charge is 0.478 e. The van der Waals surface area contributed by atoms with Gasteiger partial charge in [0.2, 0.25) is 0 Å². The van der Waals surface area contributed by atoms with Crippen LogP contribution in [0.15, 0.2) is 11.6 Å². The second-order valence-corrected chi connectivity index (χ2v) is 3.50. The number of carboxylic acids is 1. The molecule has 0 saturated heterocycles. The molecule has 3 heteroatoms. The molecule has 1 atom stereocenters. The van der Waals surface area contributed by atoms with Crippen LogP contribution in [0.25, 0.3) is 0 Å². The fourth-order valence-electron chi connectivity index (χ4n) is 1.43. The highest BCUT2D eigenvalue weighted by Crippen LogP contribution is 2.06. The lowest BCUT2D eigenvalue weighted by Gasteiger charge is -2.25. The smallest absolute Gasteiger partial charge is 0.330 e. The molecular formula is C11H21NO2. The number of hydrogen-bond acceptors (Lipinski definition) is 2. The van der Waals surface area contributed by atoms with Gasteiger partial charge in [-0.2, -0.15) is 0 Å². The first-order chi connectivity index (χ1) is 6.52. The Kier molecular flexibility index (Phi) is 6.21. The van der Waals surface area contributed by atoms with Crippen LogP contribution in [0.4, 0.5) is 0 Å². The molecule has 0 aromatic heterocycles. The van der Waals surface area contributed by atoms with Gasteiger partial charge in [-0.15, -0.1) is 0 Å². The number of carbonyl (C=O) groups is 1. The molecule has 0 radical (unpaired) electrons. The zero-order valence-electron chi connectivity index (χ0n) is 9.58. The Hall–Kier alpha value is -0.830. The Morgan fingerprint density at radius 3 is 2.29 bits per heavy atom. The summed E-state index contributed by atoms with van der Waals surface area (Å²) in [6, 6.07) is 0.416. The fourth-order valence-corrected chi connectivity index (χ4v) is 1.43. The van der Waals surface area contributed by atoms with Crippen LogP contribution in [-0.2, 0) is 4.79 Å². The van der Waals surface area contributed by atoms with Crippen LogP contribution < -0.4 is 0 Å². The van der Waals surface area contributed by atoms with Gasteiger partial charge in [-0.1, -0.05) is 19.9 Å². The van der Waals surface area contributed by atoms with Crippen LogP contribution in [0.5, 0.6) is 0 Å². The predicted octanol–water partition coefficient (Wildman–Crippen LogP) is 2.14. The molecule has 3 nitrogen and oxygen atoms in total. The Balaban J connectivity index is 4.12. The number of nitrogens with zero attached hydrogens (tertiary/aromatic N) is 1. The van der Waals surface area contributed by atoms with Crippen molar-refractivity contribution in [3.63, 3.8) is 0 Å². The summed E-state index contributed by atoms with van der Waals surface area (Å²) in [5.74, 6) is -0.822. The third-order valence-corrected chi connectivity index (χ3v) is 2.54. The van der Waals surface area contributed by atoms with Gasteiger partial charge in [0.05, 0.1) is 0 Å². The number of carboxylic acid groups (broad SMARTS) is 1. The maximum Gasteiger partial charge on any atom is 0.330 e. The fraction of sp³-hybridized carbons (Fsp3) is 0.727. The molecule has 0 aromatic carbocycles. The van der Waals surface area contributed by atoms with Crippen molar-refractivity contribution in [2.45, 2.75) is 40.2 Å². The van der Waals surface area contributed by atoms with Gasteiger partial charge in [0, 0.05) is 11.6 Å². The molecule has 82 valence electrons. The molecule has 0 aromatic rings. The maximum atomic E-state index is 10.5. The molecule has 0 spiro atoms. The second-order valence-electron chi connectivity index (χ2n) is 3.50. The third-order valence-electron chi connectivity index (χ3n) is 2.54. The van der Waals surface area contributed by atoms with E-state index in [9.17, 15) is 4.79 Å². The molecule has 0 heterocycles. The monoisotopic (exact) mass is 199 g/mol. The molecule has 1 N–H and O–H groups in total. The van der Waals surface area contributed by atoms with Crippen LogP contribution in [-0.4, -0.2) is 35.1 Å². The van der Waals surface area contributed by atoms with Crippen molar-refractivity contribution in [2.24, 2.45) is 0 Å². The predicted molar refractivity (Wildman–Crippen MR) is 58.4 cm³/mol. The average molecular weight is 199 g/mol. The lowest BCUT2D eigenvalue weighted by molar-refractivity contribution is -0.132. The number of aliphatic carboxylic acids is 1. The van der Waals surface area contributed by atoms with E-state index in [0.29, 0.717) is 11.6 Å². The third kappa shape index (κ3) is 4.42. The van der Waals surface area contributed by atoms with E-state index >= 15 is 0 Å². The summed E-state index contributed by atoms with van der Waals surface area (Å²) >= 11 is 0. The minimum atomic E-state index is -0.822. The highest BCUT2D eigenvalue weighted by atomic mass is 16.4. The van der Waals surface area contributed by atoms with Crippen molar-refractivity contribution < 1.29 is 9.90 Å². The number of hydrogen-bond donors (Lipinski definition) is 1. The molecule has 0 saturated carbocycles. The summed E-state index contributed by atoms with van der Waals surface area (Å²) in [7, 11) is 0. The molecule has 0 rings (SSSR count). The normalized spacial score (nSPS) is 14.5. The topological polar surface area (TPSA) is 40.5 Å². The molecule has 1 unspecified atom stereocenters. The van der Waals surface area contributed by atoms with Crippen molar-refractivity contribution in [3.8, 4) is 0 Å². The van der Waals surface area contributed by atoms with Gasteiger partial charge in [-0.25, -0.2) is 4.79 Å². The van der Waals surface area contributed by atoms with Gasteiger partial charge < -0.3 is 10.0 Å². The van der Waals surface area contributed by atoms with Crippen LogP contribution in [0.3, 0.4) is 0 Å². The molecule has 0 bridgehead atoms. The summed E-state index contributed by atoms with van der Waals surface area (Å²) in [6.07, 6.45) is 2.60. The SMILES string of the molecule is CCN(CC)C(C)C/C=C(\C)C(=O)O. The summed E-state index contributed by atoms with van der Waals surface area (Å²) in [6.45, 7) is 10.0. The van der Waals surface area contributed by atoms with E-state index in [1.54, 1.807) is 13.0 Å². The first kappa shape index (κ1) is 13.2. The van der Waals surface area contributed by atoms with Crippen LogP contribution in [0, 0.1) is 0 Å². The van der Waals surface area contributed by atoms with Crippen molar-refractivity contribution in [3.05, 3.63) is 11.6 Å². The Morgan fingerprint density at radius 2 is 1.93 bits per heavy atom. The molecule has 0 aliphatic carbocycles. The summed E-state index contributed by atoms with van der Waals surface area (Å²) in [5, 5.41) is 8.67. The quantitative estimate of drug-likeness (QED) is 0.666. The molecule has 0 aliphatic rings. The molecular weight excluding hydrogens is 178 g/mol. The van der Waals surface area contributed by atoms with Crippen molar-refractivity contribution in [2.75, 3.05) is 13.1 Å². The maximum absolute atomic E-state index is 10.5. The second kappa shape index (κ2) is 6.60. The van der Waals surface area contributed by atoms with Crippen LogP contribution in [0.2, 0.25) is 0 Å². The summed E-state index contributed by atoms with van der Waals surface area (Å²) in [4.78, 5) is 12.8. The zero-order valence-corrected chi connectivity index (χ0v) is 9.58. The van der Waals surface area contributed by atoms with Crippen LogP contribution in [0.1, 0.15) is 34.1 Å². The van der Waals surface area contributed by atoms with E-state index in [1.807, 2.05) is 0 Å². The van der Waals surface area contributed by atoms with E-state index in [4.69, 9.17) is 5.11 Å². The highest BCUT2D eigenvalue weighted by molar-refractivity contribution is 5.85. The molecule has 0 fully saturated rings. The van der Waals surface area contributed by atoms with E-state index in [2.05, 4.69) is 25.7 Å². The van der Waals surface area contributed by atoms with Crippen molar-refractivity contribution in [1.82, 2.24) is 4.90 Å². The molecule has 0 aliphatic heterocycles. The van der Waals surface area contributed by atoms with E-state index in [-0.39, 0.29) is 0 Å². The van der Waals surface area contributed by atoms with Crippen LogP contribution >= 0.6 is 0 Å². The van der Waals surface area contributed by atoms with Crippen molar-refractivity contribution in [1.29, 1.82) is 0 Å². The standard InChI is InChI=1S/C11H21NO2/c1-5-12(6-2)10(4)8-7-9(3)11(13)14/h7,10H,5-6,8H2,1-4H3,(H,13,14)/b9-7+. The molecule has 14 heavy (non-hydrogen) atoms. The molecule has 0 amide bonds. The summed E-state index contributed by atoms with van der Waals surface area (Å²) in [5.41, 5.74) is 0.434. The zero-order chi connectivity index (χ0) is 11.1. The van der Waals surface area contributed by atoms with Gasteiger partial charge in [-0.3, -0.25) is 0 Å². The van der Waals surface area contributed by atoms with E-state index in [0.717, 1.165) is 19.5 Å². The Morgan fingerprint density at radius 1 is 1.43 bits per heavy atom. The average Bonchev–Trinajstić information content (AvgIpc) is 2.15.